The molecule has 2 rings (SSSR count). The number of aromatic nitrogens is 2. The van der Waals surface area contributed by atoms with Gasteiger partial charge in [0.05, 0.1) is 6.04 Å². The van der Waals surface area contributed by atoms with E-state index in [4.69, 9.17) is 21.9 Å². The summed E-state index contributed by atoms with van der Waals surface area (Å²) in [5, 5.41) is 4.60. The lowest BCUT2D eigenvalue weighted by Crippen LogP contribution is -2.13. The molecule has 0 spiro atoms. The van der Waals surface area contributed by atoms with E-state index in [0.717, 1.165) is 11.1 Å². The normalized spacial score (nSPS) is 13.0. The molecule has 1 heterocycles. The molecule has 0 saturated heterocycles. The summed E-state index contributed by atoms with van der Waals surface area (Å²) in [4.78, 5) is 4.29. The van der Waals surface area contributed by atoms with Gasteiger partial charge in [0.25, 0.3) is 0 Å². The lowest BCUT2D eigenvalue weighted by molar-refractivity contribution is 0.359. The molecule has 1 unspecified atom stereocenters. The van der Waals surface area contributed by atoms with E-state index in [2.05, 4.69) is 10.1 Å². The maximum Gasteiger partial charge on any atom is 0.229 e. The van der Waals surface area contributed by atoms with E-state index in [1.54, 1.807) is 0 Å². The zero-order chi connectivity index (χ0) is 13.3. The summed E-state index contributed by atoms with van der Waals surface area (Å²) in [7, 11) is 0. The van der Waals surface area contributed by atoms with Gasteiger partial charge in [-0.1, -0.05) is 42.7 Å². The number of rotatable bonds is 3. The Kier molecular flexibility index (Phi) is 3.68. The first-order valence-electron chi connectivity index (χ1n) is 5.84. The van der Waals surface area contributed by atoms with Crippen LogP contribution in [0.25, 0.3) is 0 Å². The van der Waals surface area contributed by atoms with E-state index >= 15 is 0 Å². The van der Waals surface area contributed by atoms with Crippen molar-refractivity contribution in [2.45, 2.75) is 32.7 Å². The molecule has 0 bridgehead atoms. The van der Waals surface area contributed by atoms with Crippen LogP contribution in [0.3, 0.4) is 0 Å². The highest BCUT2D eigenvalue weighted by Crippen LogP contribution is 2.24. The van der Waals surface area contributed by atoms with Crippen LogP contribution in [-0.2, 0) is 0 Å². The molecule has 1 aromatic carbocycles. The van der Waals surface area contributed by atoms with Crippen molar-refractivity contribution in [1.82, 2.24) is 10.1 Å². The third-order valence-electron chi connectivity index (χ3n) is 2.78. The van der Waals surface area contributed by atoms with Crippen molar-refractivity contribution in [3.05, 3.63) is 46.1 Å². The second-order valence-corrected chi connectivity index (χ2v) is 5.04. The van der Waals surface area contributed by atoms with Crippen molar-refractivity contribution < 1.29 is 4.52 Å². The van der Waals surface area contributed by atoms with E-state index in [1.165, 1.54) is 0 Å². The van der Waals surface area contributed by atoms with Gasteiger partial charge in [-0.2, -0.15) is 4.98 Å². The second kappa shape index (κ2) is 5.08. The van der Waals surface area contributed by atoms with Gasteiger partial charge in [0.1, 0.15) is 0 Å². The highest BCUT2D eigenvalue weighted by atomic mass is 35.5. The van der Waals surface area contributed by atoms with Crippen LogP contribution >= 0.6 is 11.6 Å². The Balaban J connectivity index is 2.29. The van der Waals surface area contributed by atoms with Gasteiger partial charge in [0.15, 0.2) is 5.82 Å². The standard InChI is InChI=1S/C13H16ClN3O/c1-7(2)13-16-12(17-18-13)11(15)9-5-4-8(3)10(14)6-9/h4-7,11H,15H2,1-3H3. The van der Waals surface area contributed by atoms with Crippen molar-refractivity contribution in [3.63, 3.8) is 0 Å². The third-order valence-corrected chi connectivity index (χ3v) is 3.19. The minimum absolute atomic E-state index is 0.194. The molecule has 1 atom stereocenters. The number of nitrogens with two attached hydrogens (primary N) is 1. The second-order valence-electron chi connectivity index (χ2n) is 4.63. The van der Waals surface area contributed by atoms with Crippen molar-refractivity contribution in [2.24, 2.45) is 5.73 Å². The molecule has 0 saturated carbocycles. The topological polar surface area (TPSA) is 64.9 Å². The molecule has 2 aromatic rings. The van der Waals surface area contributed by atoms with Crippen LogP contribution in [-0.4, -0.2) is 10.1 Å². The van der Waals surface area contributed by atoms with Crippen molar-refractivity contribution >= 4 is 11.6 Å². The molecule has 0 aliphatic rings. The zero-order valence-corrected chi connectivity index (χ0v) is 11.4. The van der Waals surface area contributed by atoms with Gasteiger partial charge in [-0.25, -0.2) is 0 Å². The minimum atomic E-state index is -0.417. The zero-order valence-electron chi connectivity index (χ0n) is 10.6. The summed E-state index contributed by atoms with van der Waals surface area (Å²) in [6.45, 7) is 5.93. The van der Waals surface area contributed by atoms with E-state index in [-0.39, 0.29) is 5.92 Å². The van der Waals surface area contributed by atoms with Crippen LogP contribution < -0.4 is 5.73 Å². The molecule has 0 aliphatic heterocycles. The Hall–Kier alpha value is -1.39. The van der Waals surface area contributed by atoms with Crippen molar-refractivity contribution in [3.8, 4) is 0 Å². The lowest BCUT2D eigenvalue weighted by atomic mass is 10.1. The van der Waals surface area contributed by atoms with E-state index in [9.17, 15) is 0 Å². The average Bonchev–Trinajstić information content (AvgIpc) is 2.81. The molecule has 18 heavy (non-hydrogen) atoms. The van der Waals surface area contributed by atoms with Gasteiger partial charge >= 0.3 is 0 Å². The van der Waals surface area contributed by atoms with Crippen LogP contribution in [0, 0.1) is 6.92 Å². The largest absolute Gasteiger partial charge is 0.339 e. The first-order chi connectivity index (χ1) is 8.49. The summed E-state index contributed by atoms with van der Waals surface area (Å²) >= 11 is 6.08. The monoisotopic (exact) mass is 265 g/mol. The Morgan fingerprint density at radius 2 is 2.06 bits per heavy atom. The molecule has 2 N–H and O–H groups in total. The van der Waals surface area contributed by atoms with Gasteiger partial charge in [-0.05, 0) is 24.1 Å². The first-order valence-corrected chi connectivity index (χ1v) is 6.22. The number of nitrogens with zero attached hydrogens (tertiary/aromatic N) is 2. The minimum Gasteiger partial charge on any atom is -0.339 e. The number of benzene rings is 1. The molecule has 4 nitrogen and oxygen atoms in total. The Labute approximate surface area is 111 Å². The van der Waals surface area contributed by atoms with Gasteiger partial charge in [0, 0.05) is 10.9 Å². The van der Waals surface area contributed by atoms with Crippen LogP contribution in [0.15, 0.2) is 22.7 Å². The van der Waals surface area contributed by atoms with E-state index in [1.807, 2.05) is 39.0 Å². The van der Waals surface area contributed by atoms with E-state index in [0.29, 0.717) is 16.7 Å². The summed E-state index contributed by atoms with van der Waals surface area (Å²) in [5.41, 5.74) is 8.00. The lowest BCUT2D eigenvalue weighted by Gasteiger charge is -2.08. The maximum atomic E-state index is 6.11. The van der Waals surface area contributed by atoms with E-state index < -0.39 is 6.04 Å². The molecule has 1 aromatic heterocycles. The van der Waals surface area contributed by atoms with Crippen LogP contribution in [0.5, 0.6) is 0 Å². The fourth-order valence-corrected chi connectivity index (χ4v) is 1.75. The van der Waals surface area contributed by atoms with Gasteiger partial charge < -0.3 is 10.3 Å². The van der Waals surface area contributed by atoms with Crippen LogP contribution in [0.4, 0.5) is 0 Å². The Morgan fingerprint density at radius 3 is 2.61 bits per heavy atom. The number of hydrogen-bond donors (Lipinski definition) is 1. The number of aryl methyl sites for hydroxylation is 1. The predicted molar refractivity (Wildman–Crippen MR) is 70.6 cm³/mol. The van der Waals surface area contributed by atoms with Crippen LogP contribution in [0.2, 0.25) is 5.02 Å². The Bertz CT molecular complexity index is 551. The molecule has 0 aliphatic carbocycles. The third kappa shape index (κ3) is 2.54. The Morgan fingerprint density at radius 1 is 1.33 bits per heavy atom. The van der Waals surface area contributed by atoms with Crippen molar-refractivity contribution in [1.29, 1.82) is 0 Å². The summed E-state index contributed by atoms with van der Waals surface area (Å²) in [6, 6.07) is 5.28. The molecule has 5 heteroatoms. The fraction of sp³-hybridized carbons (Fsp3) is 0.385. The molecule has 0 amide bonds. The highest BCUT2D eigenvalue weighted by Gasteiger charge is 2.18. The molecular formula is C13H16ClN3O. The first kappa shape index (κ1) is 13.1. The number of hydrogen-bond acceptors (Lipinski definition) is 4. The van der Waals surface area contributed by atoms with Gasteiger partial charge in [-0.15, -0.1) is 0 Å². The van der Waals surface area contributed by atoms with Crippen molar-refractivity contribution in [2.75, 3.05) is 0 Å². The fourth-order valence-electron chi connectivity index (χ4n) is 1.56. The van der Waals surface area contributed by atoms with Gasteiger partial charge in [-0.3, -0.25) is 0 Å². The predicted octanol–water partition coefficient (Wildman–Crippen LogP) is 3.20. The highest BCUT2D eigenvalue weighted by molar-refractivity contribution is 6.31. The maximum absolute atomic E-state index is 6.11. The van der Waals surface area contributed by atoms with Gasteiger partial charge in [0.2, 0.25) is 5.89 Å². The molecule has 96 valence electrons. The quantitative estimate of drug-likeness (QED) is 0.926. The summed E-state index contributed by atoms with van der Waals surface area (Å²) < 4.78 is 5.15. The molecular weight excluding hydrogens is 250 g/mol. The molecule has 0 fully saturated rings. The smallest absolute Gasteiger partial charge is 0.229 e. The SMILES string of the molecule is Cc1ccc(C(N)c2noc(C(C)C)n2)cc1Cl. The number of halogens is 1. The summed E-state index contributed by atoms with van der Waals surface area (Å²) in [6.07, 6.45) is 0. The molecule has 0 radical (unpaired) electrons. The van der Waals surface area contributed by atoms with Crippen LogP contribution in [0.1, 0.15) is 48.6 Å². The average molecular weight is 266 g/mol. The summed E-state index contributed by atoms with van der Waals surface area (Å²) in [5.74, 6) is 1.28.